The van der Waals surface area contributed by atoms with Crippen molar-refractivity contribution in [2.24, 2.45) is 5.41 Å². The van der Waals surface area contributed by atoms with E-state index in [0.717, 1.165) is 69.4 Å². The number of anilines is 1. The predicted octanol–water partition coefficient (Wildman–Crippen LogP) is 4.42. The minimum atomic E-state index is -0.336. The van der Waals surface area contributed by atoms with Gasteiger partial charge in [-0.2, -0.15) is 0 Å². The van der Waals surface area contributed by atoms with Gasteiger partial charge in [-0.05, 0) is 81.8 Å². The molecule has 2 fully saturated rings. The number of likely N-dealkylation sites (tertiary alicyclic amines) is 1. The number of fused-ring (bicyclic) bond motifs is 1. The number of allylic oxidation sites excluding steroid dienone is 5. The van der Waals surface area contributed by atoms with Crippen molar-refractivity contribution in [3.05, 3.63) is 64.9 Å². The van der Waals surface area contributed by atoms with Crippen molar-refractivity contribution in [2.75, 3.05) is 31.5 Å². The summed E-state index contributed by atoms with van der Waals surface area (Å²) in [5, 5.41) is 6.35. The van der Waals surface area contributed by atoms with E-state index in [1.54, 1.807) is 12.3 Å². The quantitative estimate of drug-likeness (QED) is 0.504. The molecule has 4 heterocycles. The Bertz CT molecular complexity index is 1030. The second kappa shape index (κ2) is 11.0. The number of hydrogen-bond acceptors (Lipinski definition) is 4. The topological polar surface area (TPSA) is 74.3 Å². The second-order valence-electron chi connectivity index (χ2n) is 9.65. The molecule has 0 saturated carbocycles. The van der Waals surface area contributed by atoms with Crippen molar-refractivity contribution in [3.63, 3.8) is 0 Å². The SMILES string of the molecule is CCC=CC=C(C)C=C1CCN(C(=O)C=Cc2cnc3c(c2)CC2(CCNCC2)C(=O)N3)CC1. The van der Waals surface area contributed by atoms with E-state index in [-0.39, 0.29) is 17.2 Å². The van der Waals surface area contributed by atoms with E-state index in [0.29, 0.717) is 12.2 Å². The van der Waals surface area contributed by atoms with Crippen LogP contribution in [0.3, 0.4) is 0 Å². The number of nitrogens with zero attached hydrogens (tertiary/aromatic N) is 2. The van der Waals surface area contributed by atoms with Crippen LogP contribution in [0.25, 0.3) is 6.08 Å². The normalized spacial score (nSPS) is 20.6. The summed E-state index contributed by atoms with van der Waals surface area (Å²) in [6, 6.07) is 2.06. The number of hydrogen-bond donors (Lipinski definition) is 2. The molecule has 2 amide bonds. The fourth-order valence-corrected chi connectivity index (χ4v) is 5.02. The van der Waals surface area contributed by atoms with E-state index in [1.807, 2.05) is 11.0 Å². The molecule has 180 valence electrons. The van der Waals surface area contributed by atoms with Crippen molar-refractivity contribution < 1.29 is 9.59 Å². The molecule has 0 aromatic carbocycles. The fourth-order valence-electron chi connectivity index (χ4n) is 5.02. The predicted molar refractivity (Wildman–Crippen MR) is 137 cm³/mol. The molecule has 3 aliphatic rings. The molecular formula is C28H36N4O2. The first-order chi connectivity index (χ1) is 16.5. The van der Waals surface area contributed by atoms with Gasteiger partial charge < -0.3 is 15.5 Å². The Kier molecular flexibility index (Phi) is 7.78. The van der Waals surface area contributed by atoms with Gasteiger partial charge in [0.15, 0.2) is 0 Å². The number of carbonyl (C=O) groups excluding carboxylic acids is 2. The number of carbonyl (C=O) groups is 2. The Morgan fingerprint density at radius 3 is 2.74 bits per heavy atom. The molecule has 2 N–H and O–H groups in total. The van der Waals surface area contributed by atoms with Crippen LogP contribution in [-0.2, 0) is 16.0 Å². The van der Waals surface area contributed by atoms with Gasteiger partial charge in [0.2, 0.25) is 11.8 Å². The van der Waals surface area contributed by atoms with Gasteiger partial charge in [-0.25, -0.2) is 4.98 Å². The molecule has 3 aliphatic heterocycles. The lowest BCUT2D eigenvalue weighted by Gasteiger charge is -2.39. The number of nitrogens with one attached hydrogen (secondary N) is 2. The molecule has 1 aromatic heterocycles. The Labute approximate surface area is 202 Å². The third kappa shape index (κ3) is 5.73. The summed E-state index contributed by atoms with van der Waals surface area (Å²) in [6.07, 6.45) is 19.1. The number of rotatable bonds is 5. The zero-order valence-electron chi connectivity index (χ0n) is 20.4. The van der Waals surface area contributed by atoms with Crippen LogP contribution in [0.1, 0.15) is 57.1 Å². The van der Waals surface area contributed by atoms with Crippen LogP contribution < -0.4 is 10.6 Å². The van der Waals surface area contributed by atoms with Crippen molar-refractivity contribution >= 4 is 23.7 Å². The molecule has 1 aromatic rings. The Morgan fingerprint density at radius 1 is 1.24 bits per heavy atom. The van der Waals surface area contributed by atoms with Crippen LogP contribution in [0.5, 0.6) is 0 Å². The number of piperidine rings is 2. The van der Waals surface area contributed by atoms with E-state index in [9.17, 15) is 9.59 Å². The highest BCUT2D eigenvalue weighted by molar-refractivity contribution is 5.98. The first-order valence-corrected chi connectivity index (χ1v) is 12.5. The second-order valence-corrected chi connectivity index (χ2v) is 9.65. The summed E-state index contributed by atoms with van der Waals surface area (Å²) in [5.74, 6) is 0.787. The lowest BCUT2D eigenvalue weighted by Crippen LogP contribution is -2.48. The van der Waals surface area contributed by atoms with Gasteiger partial charge in [0, 0.05) is 25.4 Å². The maximum absolute atomic E-state index is 12.8. The summed E-state index contributed by atoms with van der Waals surface area (Å²) >= 11 is 0. The Hall–Kier alpha value is -2.99. The molecule has 34 heavy (non-hydrogen) atoms. The van der Waals surface area contributed by atoms with Crippen molar-refractivity contribution in [2.45, 2.75) is 52.4 Å². The van der Waals surface area contributed by atoms with Gasteiger partial charge in [-0.3, -0.25) is 9.59 Å². The molecule has 6 nitrogen and oxygen atoms in total. The molecule has 0 radical (unpaired) electrons. The first-order valence-electron chi connectivity index (χ1n) is 12.5. The first kappa shape index (κ1) is 24.1. The van der Waals surface area contributed by atoms with Crippen LogP contribution in [0.4, 0.5) is 5.82 Å². The van der Waals surface area contributed by atoms with Gasteiger partial charge in [0.25, 0.3) is 0 Å². The van der Waals surface area contributed by atoms with Crippen LogP contribution >= 0.6 is 0 Å². The highest BCUT2D eigenvalue weighted by Gasteiger charge is 2.43. The van der Waals surface area contributed by atoms with E-state index >= 15 is 0 Å². The smallest absolute Gasteiger partial charge is 0.246 e. The Morgan fingerprint density at radius 2 is 2.00 bits per heavy atom. The van der Waals surface area contributed by atoms with Gasteiger partial charge >= 0.3 is 0 Å². The van der Waals surface area contributed by atoms with Crippen molar-refractivity contribution in [1.82, 2.24) is 15.2 Å². The largest absolute Gasteiger partial charge is 0.339 e. The Balaban J connectivity index is 1.35. The molecule has 0 aliphatic carbocycles. The van der Waals surface area contributed by atoms with E-state index < -0.39 is 0 Å². The molecule has 0 unspecified atom stereocenters. The summed E-state index contributed by atoms with van der Waals surface area (Å²) in [4.78, 5) is 31.8. The maximum Gasteiger partial charge on any atom is 0.246 e. The van der Waals surface area contributed by atoms with Gasteiger partial charge in [0.1, 0.15) is 5.82 Å². The number of amides is 2. The van der Waals surface area contributed by atoms with Gasteiger partial charge in [-0.1, -0.05) is 42.4 Å². The minimum absolute atomic E-state index is 0.0399. The van der Waals surface area contributed by atoms with Crippen LogP contribution in [0.2, 0.25) is 0 Å². The summed E-state index contributed by atoms with van der Waals surface area (Å²) in [5.41, 5.74) is 4.27. The molecule has 1 spiro atoms. The monoisotopic (exact) mass is 460 g/mol. The highest BCUT2D eigenvalue weighted by atomic mass is 16.2. The third-order valence-electron chi connectivity index (χ3n) is 7.09. The summed E-state index contributed by atoms with van der Waals surface area (Å²) in [7, 11) is 0. The van der Waals surface area contributed by atoms with Crippen LogP contribution in [0.15, 0.2) is 53.8 Å². The van der Waals surface area contributed by atoms with Crippen LogP contribution in [-0.4, -0.2) is 47.9 Å². The maximum atomic E-state index is 12.8. The molecule has 6 heteroatoms. The lowest BCUT2D eigenvalue weighted by molar-refractivity contribution is -0.127. The third-order valence-corrected chi connectivity index (χ3v) is 7.09. The van der Waals surface area contributed by atoms with Crippen LogP contribution in [0, 0.1) is 5.41 Å². The summed E-state index contributed by atoms with van der Waals surface area (Å²) in [6.45, 7) is 7.48. The number of aromatic nitrogens is 1. The minimum Gasteiger partial charge on any atom is -0.339 e. The highest BCUT2D eigenvalue weighted by Crippen LogP contribution is 2.39. The van der Waals surface area contributed by atoms with E-state index in [1.165, 1.54) is 11.1 Å². The molecular weight excluding hydrogens is 424 g/mol. The average molecular weight is 461 g/mol. The molecule has 4 rings (SSSR count). The number of pyridine rings is 1. The van der Waals surface area contributed by atoms with Gasteiger partial charge in [-0.15, -0.1) is 0 Å². The summed E-state index contributed by atoms with van der Waals surface area (Å²) < 4.78 is 0. The average Bonchev–Trinajstić information content (AvgIpc) is 2.84. The molecule has 0 bridgehead atoms. The zero-order valence-corrected chi connectivity index (χ0v) is 20.4. The van der Waals surface area contributed by atoms with Gasteiger partial charge in [0.05, 0.1) is 5.41 Å². The molecule has 2 saturated heterocycles. The van der Waals surface area contributed by atoms with Crippen molar-refractivity contribution in [1.29, 1.82) is 0 Å². The standard InChI is InChI=1S/C28H36N4O2/c1-3-4-5-6-21(2)17-22-9-15-32(16-10-22)25(33)8-7-23-18-24-19-28(11-13-29-14-12-28)27(34)31-26(24)30-20-23/h4-8,17-18,20,29H,3,9-16,19H2,1-2H3,(H,30,31,34). The van der Waals surface area contributed by atoms with E-state index in [2.05, 4.69) is 59.8 Å². The lowest BCUT2D eigenvalue weighted by atomic mass is 9.71. The zero-order chi connectivity index (χ0) is 24.0. The van der Waals surface area contributed by atoms with Crippen molar-refractivity contribution in [3.8, 4) is 0 Å². The van der Waals surface area contributed by atoms with E-state index in [4.69, 9.17) is 0 Å². The molecule has 0 atom stereocenters. The fraction of sp³-hybridized carbons (Fsp3) is 0.464.